The standard InChI is InChI=1S/C24H22N4O2/c1-27-22-18-4-2-3-5-21(18)30-24(19(22)15-26-27)9-12-28(13-10-24)23(29)17-7-6-16-8-11-25-20(16)14-17/h2-8,11,14-15,25H,9-10,12-13H2,1H3. The third-order valence-electron chi connectivity index (χ3n) is 6.54. The van der Waals surface area contributed by atoms with E-state index < -0.39 is 5.60 Å². The van der Waals surface area contributed by atoms with Crippen molar-refractivity contribution in [3.63, 3.8) is 0 Å². The summed E-state index contributed by atoms with van der Waals surface area (Å²) in [6.07, 6.45) is 5.32. The molecule has 6 nitrogen and oxygen atoms in total. The first-order valence-electron chi connectivity index (χ1n) is 10.3. The molecule has 30 heavy (non-hydrogen) atoms. The van der Waals surface area contributed by atoms with E-state index >= 15 is 0 Å². The number of likely N-dealkylation sites (tertiary alicyclic amines) is 1. The van der Waals surface area contributed by atoms with Gasteiger partial charge in [-0.05, 0) is 35.7 Å². The largest absolute Gasteiger partial charge is 0.482 e. The lowest BCUT2D eigenvalue weighted by molar-refractivity contribution is -0.00171. The molecule has 6 heteroatoms. The zero-order chi connectivity index (χ0) is 20.3. The van der Waals surface area contributed by atoms with Crippen LogP contribution in [0.15, 0.2) is 60.9 Å². The summed E-state index contributed by atoms with van der Waals surface area (Å²) in [5.41, 5.74) is 4.60. The van der Waals surface area contributed by atoms with Gasteiger partial charge in [-0.2, -0.15) is 5.10 Å². The van der Waals surface area contributed by atoms with Crippen LogP contribution in [0.5, 0.6) is 5.75 Å². The van der Waals surface area contributed by atoms with Gasteiger partial charge < -0.3 is 14.6 Å². The van der Waals surface area contributed by atoms with E-state index in [4.69, 9.17) is 4.74 Å². The third-order valence-corrected chi connectivity index (χ3v) is 6.54. The lowest BCUT2D eigenvalue weighted by Crippen LogP contribution is -2.49. The predicted molar refractivity (Wildman–Crippen MR) is 114 cm³/mol. The topological polar surface area (TPSA) is 63.1 Å². The molecule has 6 rings (SSSR count). The molecule has 2 aliphatic rings. The molecule has 1 saturated heterocycles. The number of nitrogens with one attached hydrogen (secondary N) is 1. The van der Waals surface area contributed by atoms with Gasteiger partial charge in [0.25, 0.3) is 5.91 Å². The van der Waals surface area contributed by atoms with Crippen LogP contribution in [-0.2, 0) is 12.6 Å². The highest BCUT2D eigenvalue weighted by atomic mass is 16.5. The number of benzene rings is 2. The molecule has 2 aliphatic heterocycles. The number of hydrogen-bond acceptors (Lipinski definition) is 3. The van der Waals surface area contributed by atoms with Gasteiger partial charge in [0.05, 0.1) is 11.9 Å². The van der Waals surface area contributed by atoms with Crippen LogP contribution < -0.4 is 4.74 Å². The first kappa shape index (κ1) is 17.3. The van der Waals surface area contributed by atoms with Crippen molar-refractivity contribution in [3.05, 3.63) is 72.1 Å². The van der Waals surface area contributed by atoms with Crippen LogP contribution >= 0.6 is 0 Å². The Balaban J connectivity index is 1.29. The fraction of sp³-hybridized carbons (Fsp3) is 0.250. The Kier molecular flexibility index (Phi) is 3.60. The number of carbonyl (C=O) groups is 1. The van der Waals surface area contributed by atoms with E-state index in [2.05, 4.69) is 16.1 Å². The van der Waals surface area contributed by atoms with Crippen LogP contribution in [0.1, 0.15) is 28.8 Å². The van der Waals surface area contributed by atoms with Gasteiger partial charge >= 0.3 is 0 Å². The summed E-state index contributed by atoms with van der Waals surface area (Å²) in [5.74, 6) is 0.967. The van der Waals surface area contributed by atoms with Crippen molar-refractivity contribution >= 4 is 16.8 Å². The number of aryl methyl sites for hydroxylation is 1. The molecule has 4 aromatic rings. The molecule has 2 aromatic heterocycles. The second-order valence-corrected chi connectivity index (χ2v) is 8.19. The molecular weight excluding hydrogens is 376 g/mol. The van der Waals surface area contributed by atoms with Crippen molar-refractivity contribution in [2.24, 2.45) is 7.05 Å². The van der Waals surface area contributed by atoms with E-state index in [1.54, 1.807) is 0 Å². The molecular formula is C24H22N4O2. The van der Waals surface area contributed by atoms with Gasteiger partial charge in [0, 0.05) is 61.4 Å². The molecule has 150 valence electrons. The molecule has 0 aliphatic carbocycles. The quantitative estimate of drug-likeness (QED) is 0.525. The number of nitrogens with zero attached hydrogens (tertiary/aromatic N) is 3. The average Bonchev–Trinajstić information content (AvgIpc) is 3.41. The summed E-state index contributed by atoms with van der Waals surface area (Å²) in [4.78, 5) is 18.3. The Labute approximate surface area is 174 Å². The summed E-state index contributed by atoms with van der Waals surface area (Å²) in [5, 5.41) is 5.64. The van der Waals surface area contributed by atoms with E-state index in [1.807, 2.05) is 71.5 Å². The van der Waals surface area contributed by atoms with Crippen molar-refractivity contribution in [1.82, 2.24) is 19.7 Å². The number of H-pyrrole nitrogens is 1. The smallest absolute Gasteiger partial charge is 0.253 e. The summed E-state index contributed by atoms with van der Waals surface area (Å²) in [6.45, 7) is 1.30. The first-order chi connectivity index (χ1) is 14.6. The number of aromatic nitrogens is 3. The van der Waals surface area contributed by atoms with E-state index in [0.29, 0.717) is 13.1 Å². The number of ether oxygens (including phenoxy) is 1. The maximum Gasteiger partial charge on any atom is 0.253 e. The molecule has 0 atom stereocenters. The second-order valence-electron chi connectivity index (χ2n) is 8.19. The molecule has 1 N–H and O–H groups in total. The SMILES string of the molecule is Cn1ncc2c1-c1ccccc1OC21CCN(C(=O)c2ccc3cc[nH]c3c2)CC1. The average molecular weight is 398 g/mol. The fourth-order valence-electron chi connectivity index (χ4n) is 4.91. The number of amides is 1. The lowest BCUT2D eigenvalue weighted by atomic mass is 9.81. The van der Waals surface area contributed by atoms with Crippen LogP contribution in [0.25, 0.3) is 22.2 Å². The van der Waals surface area contributed by atoms with Gasteiger partial charge in [0.15, 0.2) is 0 Å². The summed E-state index contributed by atoms with van der Waals surface area (Å²) < 4.78 is 8.52. The Morgan fingerprint density at radius 2 is 1.97 bits per heavy atom. The minimum absolute atomic E-state index is 0.0731. The van der Waals surface area contributed by atoms with E-state index in [1.165, 1.54) is 0 Å². The van der Waals surface area contributed by atoms with E-state index in [0.717, 1.165) is 51.9 Å². The van der Waals surface area contributed by atoms with Gasteiger partial charge in [-0.1, -0.05) is 18.2 Å². The van der Waals surface area contributed by atoms with Crippen molar-refractivity contribution in [3.8, 4) is 17.0 Å². The molecule has 1 fully saturated rings. The Hall–Kier alpha value is -3.54. The molecule has 0 bridgehead atoms. The zero-order valence-corrected chi connectivity index (χ0v) is 16.8. The minimum Gasteiger partial charge on any atom is -0.482 e. The van der Waals surface area contributed by atoms with Gasteiger partial charge in [0.1, 0.15) is 11.4 Å². The van der Waals surface area contributed by atoms with Crippen molar-refractivity contribution in [2.75, 3.05) is 13.1 Å². The molecule has 1 amide bonds. The number of fused-ring (bicyclic) bond motifs is 5. The number of hydrogen-bond donors (Lipinski definition) is 1. The lowest BCUT2D eigenvalue weighted by Gasteiger charge is -2.44. The third kappa shape index (κ3) is 2.43. The van der Waals surface area contributed by atoms with Gasteiger partial charge in [-0.25, -0.2) is 0 Å². The second kappa shape index (κ2) is 6.23. The highest BCUT2D eigenvalue weighted by Crippen LogP contribution is 2.49. The minimum atomic E-state index is -0.432. The van der Waals surface area contributed by atoms with Crippen LogP contribution in [-0.4, -0.2) is 38.7 Å². The molecule has 4 heterocycles. The van der Waals surface area contributed by atoms with E-state index in [-0.39, 0.29) is 5.91 Å². The molecule has 2 aromatic carbocycles. The molecule has 1 spiro atoms. The number of para-hydroxylation sites is 1. The van der Waals surface area contributed by atoms with Crippen molar-refractivity contribution in [2.45, 2.75) is 18.4 Å². The van der Waals surface area contributed by atoms with Crippen LogP contribution in [0.4, 0.5) is 0 Å². The van der Waals surface area contributed by atoms with Crippen LogP contribution in [0.3, 0.4) is 0 Å². The zero-order valence-electron chi connectivity index (χ0n) is 16.8. The van der Waals surface area contributed by atoms with Crippen LogP contribution in [0.2, 0.25) is 0 Å². The Bertz CT molecular complexity index is 1280. The van der Waals surface area contributed by atoms with Gasteiger partial charge in [-0.15, -0.1) is 0 Å². The van der Waals surface area contributed by atoms with E-state index in [9.17, 15) is 4.79 Å². The number of aromatic amines is 1. The summed E-state index contributed by atoms with van der Waals surface area (Å²) in [6, 6.07) is 16.0. The number of carbonyl (C=O) groups excluding carboxylic acids is 1. The van der Waals surface area contributed by atoms with Crippen LogP contribution in [0, 0.1) is 0 Å². The highest BCUT2D eigenvalue weighted by Gasteiger charge is 2.45. The molecule has 0 saturated carbocycles. The Morgan fingerprint density at radius 3 is 2.83 bits per heavy atom. The highest BCUT2D eigenvalue weighted by molar-refractivity contribution is 5.98. The van der Waals surface area contributed by atoms with Crippen molar-refractivity contribution in [1.29, 1.82) is 0 Å². The normalized spacial score (nSPS) is 16.9. The van der Waals surface area contributed by atoms with Gasteiger partial charge in [-0.3, -0.25) is 9.48 Å². The Morgan fingerprint density at radius 1 is 1.13 bits per heavy atom. The maximum atomic E-state index is 13.1. The van der Waals surface area contributed by atoms with Gasteiger partial charge in [0.2, 0.25) is 0 Å². The number of piperidine rings is 1. The summed E-state index contributed by atoms with van der Waals surface area (Å²) >= 11 is 0. The monoisotopic (exact) mass is 398 g/mol. The fourth-order valence-corrected chi connectivity index (χ4v) is 4.91. The maximum absolute atomic E-state index is 13.1. The summed E-state index contributed by atoms with van der Waals surface area (Å²) in [7, 11) is 1.98. The first-order valence-corrected chi connectivity index (χ1v) is 10.3. The predicted octanol–water partition coefficient (Wildman–Crippen LogP) is 4.09. The molecule has 0 unspecified atom stereocenters. The number of rotatable bonds is 1. The van der Waals surface area contributed by atoms with Crippen molar-refractivity contribution < 1.29 is 9.53 Å². The molecule has 0 radical (unpaired) electrons.